The van der Waals surface area contributed by atoms with Crippen molar-refractivity contribution in [2.45, 2.75) is 31.6 Å². The van der Waals surface area contributed by atoms with Crippen LogP contribution in [-0.2, 0) is 10.2 Å². The van der Waals surface area contributed by atoms with Gasteiger partial charge in [-0.1, -0.05) is 30.3 Å². The summed E-state index contributed by atoms with van der Waals surface area (Å²) in [6.45, 7) is 5.53. The van der Waals surface area contributed by atoms with Gasteiger partial charge in [0.05, 0.1) is 5.41 Å². The molecular weight excluding hydrogens is 236 g/mol. The topological polar surface area (TPSA) is 46.3 Å². The smallest absolute Gasteiger partial charge is 0.140 e. The molecule has 2 rings (SSSR count). The molecule has 2 N–H and O–H groups in total. The summed E-state index contributed by atoms with van der Waals surface area (Å²) in [6.07, 6.45) is 2.90. The number of hydrogen-bond donors (Lipinski definition) is 1. The average Bonchev–Trinajstić information content (AvgIpc) is 2.46. The Morgan fingerprint density at radius 2 is 1.89 bits per heavy atom. The highest BCUT2D eigenvalue weighted by Crippen LogP contribution is 2.36. The van der Waals surface area contributed by atoms with Crippen molar-refractivity contribution in [1.29, 1.82) is 0 Å². The molecule has 3 nitrogen and oxygen atoms in total. The number of piperidine rings is 1. The van der Waals surface area contributed by atoms with Crippen LogP contribution in [0, 0.1) is 0 Å². The van der Waals surface area contributed by atoms with Gasteiger partial charge in [-0.2, -0.15) is 0 Å². The standard InChI is InChI=1S/C16H24N2O/c1-14(19)16(15-6-3-2-4-7-15)8-12-18(13-9-16)11-5-10-17/h2-4,6-7H,5,8-13,17H2,1H3. The lowest BCUT2D eigenvalue weighted by Gasteiger charge is -2.40. The van der Waals surface area contributed by atoms with Gasteiger partial charge in [-0.3, -0.25) is 4.79 Å². The Balaban J connectivity index is 2.10. The molecule has 1 aliphatic heterocycles. The number of carbonyl (C=O) groups excluding carboxylic acids is 1. The monoisotopic (exact) mass is 260 g/mol. The summed E-state index contributed by atoms with van der Waals surface area (Å²) in [4.78, 5) is 14.6. The van der Waals surface area contributed by atoms with Gasteiger partial charge in [-0.15, -0.1) is 0 Å². The molecule has 1 heterocycles. The highest BCUT2D eigenvalue weighted by Gasteiger charge is 2.39. The van der Waals surface area contributed by atoms with Crippen LogP contribution in [0.1, 0.15) is 31.7 Å². The fourth-order valence-electron chi connectivity index (χ4n) is 3.07. The van der Waals surface area contributed by atoms with E-state index in [2.05, 4.69) is 17.0 Å². The van der Waals surface area contributed by atoms with E-state index in [9.17, 15) is 4.79 Å². The Kier molecular flexibility index (Phi) is 4.72. The minimum atomic E-state index is -0.263. The molecule has 0 spiro atoms. The summed E-state index contributed by atoms with van der Waals surface area (Å²) >= 11 is 0. The molecular formula is C16H24N2O. The lowest BCUT2D eigenvalue weighted by molar-refractivity contribution is -0.124. The predicted molar refractivity (Wildman–Crippen MR) is 78.1 cm³/mol. The Morgan fingerprint density at radius 1 is 1.26 bits per heavy atom. The van der Waals surface area contributed by atoms with Crippen molar-refractivity contribution in [3.63, 3.8) is 0 Å². The molecule has 0 saturated carbocycles. The Hall–Kier alpha value is -1.19. The third-order valence-electron chi connectivity index (χ3n) is 4.39. The lowest BCUT2D eigenvalue weighted by atomic mass is 9.70. The van der Waals surface area contributed by atoms with Crippen molar-refractivity contribution >= 4 is 5.78 Å². The quantitative estimate of drug-likeness (QED) is 0.880. The molecule has 0 aliphatic carbocycles. The molecule has 1 saturated heterocycles. The molecule has 104 valence electrons. The first-order chi connectivity index (χ1) is 9.19. The van der Waals surface area contributed by atoms with Crippen molar-refractivity contribution < 1.29 is 4.79 Å². The number of nitrogens with zero attached hydrogens (tertiary/aromatic N) is 1. The van der Waals surface area contributed by atoms with Gasteiger partial charge < -0.3 is 10.6 Å². The molecule has 0 atom stereocenters. The number of carbonyl (C=O) groups is 1. The Bertz CT molecular complexity index is 408. The van der Waals surface area contributed by atoms with Crippen molar-refractivity contribution in [1.82, 2.24) is 4.90 Å². The van der Waals surface area contributed by atoms with Crippen molar-refractivity contribution in [2.24, 2.45) is 5.73 Å². The van der Waals surface area contributed by atoms with Crippen LogP contribution >= 0.6 is 0 Å². The number of likely N-dealkylation sites (tertiary alicyclic amines) is 1. The molecule has 1 fully saturated rings. The molecule has 1 aromatic rings. The first-order valence-corrected chi connectivity index (χ1v) is 7.18. The average molecular weight is 260 g/mol. The number of hydrogen-bond acceptors (Lipinski definition) is 3. The predicted octanol–water partition coefficient (Wildman–Crippen LogP) is 1.96. The summed E-state index contributed by atoms with van der Waals surface area (Å²) in [6, 6.07) is 10.3. The van der Waals surface area contributed by atoms with Gasteiger partial charge in [0.25, 0.3) is 0 Å². The van der Waals surface area contributed by atoms with Crippen molar-refractivity contribution in [2.75, 3.05) is 26.2 Å². The zero-order valence-corrected chi connectivity index (χ0v) is 11.8. The molecule has 19 heavy (non-hydrogen) atoms. The van der Waals surface area contributed by atoms with E-state index in [1.54, 1.807) is 6.92 Å². The van der Waals surface area contributed by atoms with E-state index in [0.717, 1.165) is 45.4 Å². The molecule has 3 heteroatoms. The second-order valence-corrected chi connectivity index (χ2v) is 5.49. The molecule has 0 radical (unpaired) electrons. The van der Waals surface area contributed by atoms with E-state index in [-0.39, 0.29) is 5.41 Å². The van der Waals surface area contributed by atoms with Crippen LogP contribution in [0.25, 0.3) is 0 Å². The maximum absolute atomic E-state index is 12.2. The number of Topliss-reactive ketones (excluding diaryl/α,β-unsaturated/α-hetero) is 1. The summed E-state index contributed by atoms with van der Waals surface area (Å²) in [5.41, 5.74) is 6.48. The SMILES string of the molecule is CC(=O)C1(c2ccccc2)CCN(CCCN)CC1. The van der Waals surface area contributed by atoms with Crippen LogP contribution in [0.15, 0.2) is 30.3 Å². The summed E-state index contributed by atoms with van der Waals surface area (Å²) in [7, 11) is 0. The van der Waals surface area contributed by atoms with Crippen LogP contribution in [0.2, 0.25) is 0 Å². The van der Waals surface area contributed by atoms with E-state index in [0.29, 0.717) is 5.78 Å². The zero-order chi connectivity index (χ0) is 13.7. The minimum absolute atomic E-state index is 0.263. The third-order valence-corrected chi connectivity index (χ3v) is 4.39. The van der Waals surface area contributed by atoms with Gasteiger partial charge in [-0.25, -0.2) is 0 Å². The van der Waals surface area contributed by atoms with E-state index in [4.69, 9.17) is 5.73 Å². The van der Waals surface area contributed by atoms with E-state index in [1.807, 2.05) is 18.2 Å². The van der Waals surface area contributed by atoms with E-state index < -0.39 is 0 Å². The molecule has 1 aromatic carbocycles. The van der Waals surface area contributed by atoms with Crippen LogP contribution < -0.4 is 5.73 Å². The van der Waals surface area contributed by atoms with Gasteiger partial charge in [0.15, 0.2) is 0 Å². The second kappa shape index (κ2) is 6.31. The van der Waals surface area contributed by atoms with E-state index in [1.165, 1.54) is 5.56 Å². The molecule has 0 amide bonds. The normalized spacial score (nSPS) is 19.3. The Labute approximate surface area is 115 Å². The highest BCUT2D eigenvalue weighted by atomic mass is 16.1. The summed E-state index contributed by atoms with van der Waals surface area (Å²) < 4.78 is 0. The maximum Gasteiger partial charge on any atom is 0.140 e. The Morgan fingerprint density at radius 3 is 2.42 bits per heavy atom. The molecule has 0 bridgehead atoms. The minimum Gasteiger partial charge on any atom is -0.330 e. The fraction of sp³-hybridized carbons (Fsp3) is 0.562. The third kappa shape index (κ3) is 3.04. The second-order valence-electron chi connectivity index (χ2n) is 5.49. The van der Waals surface area contributed by atoms with Gasteiger partial charge in [0.2, 0.25) is 0 Å². The number of ketones is 1. The van der Waals surface area contributed by atoms with Gasteiger partial charge >= 0.3 is 0 Å². The number of rotatable bonds is 5. The maximum atomic E-state index is 12.2. The number of nitrogens with two attached hydrogens (primary N) is 1. The van der Waals surface area contributed by atoms with Crippen molar-refractivity contribution in [3.05, 3.63) is 35.9 Å². The molecule has 0 unspecified atom stereocenters. The van der Waals surface area contributed by atoms with Crippen LogP contribution in [-0.4, -0.2) is 36.9 Å². The summed E-state index contributed by atoms with van der Waals surface area (Å²) in [5.74, 6) is 0.303. The van der Waals surface area contributed by atoms with E-state index >= 15 is 0 Å². The fourth-order valence-corrected chi connectivity index (χ4v) is 3.07. The van der Waals surface area contributed by atoms with Crippen LogP contribution in [0.5, 0.6) is 0 Å². The summed E-state index contributed by atoms with van der Waals surface area (Å²) in [5, 5.41) is 0. The lowest BCUT2D eigenvalue weighted by Crippen LogP contribution is -2.46. The first-order valence-electron chi connectivity index (χ1n) is 7.18. The first kappa shape index (κ1) is 14.2. The highest BCUT2D eigenvalue weighted by molar-refractivity contribution is 5.88. The van der Waals surface area contributed by atoms with Gasteiger partial charge in [0.1, 0.15) is 5.78 Å². The van der Waals surface area contributed by atoms with Crippen LogP contribution in [0.3, 0.4) is 0 Å². The zero-order valence-electron chi connectivity index (χ0n) is 11.8. The number of benzene rings is 1. The van der Waals surface area contributed by atoms with Crippen molar-refractivity contribution in [3.8, 4) is 0 Å². The van der Waals surface area contributed by atoms with Crippen LogP contribution in [0.4, 0.5) is 0 Å². The molecule has 1 aliphatic rings. The largest absolute Gasteiger partial charge is 0.330 e. The van der Waals surface area contributed by atoms with Gasteiger partial charge in [0, 0.05) is 0 Å². The van der Waals surface area contributed by atoms with Gasteiger partial charge in [-0.05, 0) is 57.9 Å². The molecule has 0 aromatic heterocycles.